The summed E-state index contributed by atoms with van der Waals surface area (Å²) in [5, 5.41) is 0. The molecule has 1 atom stereocenters. The molecule has 0 aliphatic carbocycles. The molecule has 14 heavy (non-hydrogen) atoms. The van der Waals surface area contributed by atoms with Gasteiger partial charge in [0.25, 0.3) is 6.49 Å². The van der Waals surface area contributed by atoms with Gasteiger partial charge < -0.3 is 9.05 Å². The monoisotopic (exact) mass is 250 g/mol. The molecule has 0 bridgehead atoms. The average Bonchev–Trinajstić information content (AvgIpc) is 2.20. The molecule has 1 aromatic carbocycles. The Bertz CT molecular complexity index is 318. The Morgan fingerprint density at radius 1 is 1.36 bits per heavy atom. The summed E-state index contributed by atoms with van der Waals surface area (Å²) in [5.41, 5.74) is 0.227. The van der Waals surface area contributed by atoms with Gasteiger partial charge in [-0.3, -0.25) is 0 Å². The van der Waals surface area contributed by atoms with Gasteiger partial charge in [0.05, 0.1) is 6.61 Å². The summed E-state index contributed by atoms with van der Waals surface area (Å²) in [6, 6.07) is 9.36. The molecule has 0 saturated carbocycles. The van der Waals surface area contributed by atoms with Gasteiger partial charge in [-0.15, -0.1) is 11.6 Å². The second kappa shape index (κ2) is 5.72. The highest BCUT2D eigenvalue weighted by Crippen LogP contribution is 2.49. The molecule has 1 aromatic rings. The molecule has 0 N–H and O–H groups in total. The van der Waals surface area contributed by atoms with Crippen LogP contribution in [0.15, 0.2) is 30.3 Å². The van der Waals surface area contributed by atoms with Crippen molar-refractivity contribution in [1.82, 2.24) is 0 Å². The van der Waals surface area contributed by atoms with Crippen LogP contribution in [0.2, 0.25) is 0 Å². The predicted octanol–water partition coefficient (Wildman–Crippen LogP) is 3.61. The summed E-state index contributed by atoms with van der Waals surface area (Å²) in [7, 11) is 0. The van der Waals surface area contributed by atoms with E-state index in [1.807, 2.05) is 37.3 Å². The van der Waals surface area contributed by atoms with Gasteiger partial charge in [-0.05, 0) is 30.9 Å². The number of para-hydroxylation sites is 1. The Hall–Kier alpha value is -0.0800. The maximum atomic E-state index is 5.73. The Morgan fingerprint density at radius 2 is 2.00 bits per heavy atom. The van der Waals surface area contributed by atoms with E-state index in [9.17, 15) is 0 Å². The van der Waals surface area contributed by atoms with Crippen LogP contribution in [0.4, 0.5) is 0 Å². The number of alkyl halides is 1. The molecule has 2 nitrogen and oxygen atoms in total. The van der Waals surface area contributed by atoms with E-state index >= 15 is 0 Å². The second-order valence-electron chi connectivity index (χ2n) is 2.55. The Labute approximate surface area is 94.3 Å². The second-order valence-corrected chi connectivity index (χ2v) is 6.84. The number of halogens is 1. The molecular formula is C9H12ClO2PS. The maximum Gasteiger partial charge on any atom is 0.252 e. The highest BCUT2D eigenvalue weighted by Gasteiger charge is 2.18. The Morgan fingerprint density at radius 3 is 2.50 bits per heavy atom. The lowest BCUT2D eigenvalue weighted by molar-refractivity contribution is 0.334. The molecule has 0 spiro atoms. The van der Waals surface area contributed by atoms with Crippen LogP contribution >= 0.6 is 18.1 Å². The van der Waals surface area contributed by atoms with Crippen LogP contribution in [-0.4, -0.2) is 12.2 Å². The molecule has 0 aliphatic rings. The van der Waals surface area contributed by atoms with Gasteiger partial charge in [0.2, 0.25) is 0 Å². The zero-order valence-electron chi connectivity index (χ0n) is 7.85. The van der Waals surface area contributed by atoms with Gasteiger partial charge in [0.1, 0.15) is 11.4 Å². The van der Waals surface area contributed by atoms with Crippen LogP contribution in [0.25, 0.3) is 0 Å². The molecule has 78 valence electrons. The lowest BCUT2D eigenvalue weighted by Gasteiger charge is -2.19. The first kappa shape index (κ1) is 12.0. The molecule has 0 radical (unpaired) electrons. The van der Waals surface area contributed by atoms with Crippen molar-refractivity contribution < 1.29 is 9.05 Å². The quantitative estimate of drug-likeness (QED) is 0.588. The number of rotatable bonds is 5. The third kappa shape index (κ3) is 3.58. The lowest BCUT2D eigenvalue weighted by Crippen LogP contribution is -1.98. The highest BCUT2D eigenvalue weighted by molar-refractivity contribution is 8.10. The number of hydrogen-bond acceptors (Lipinski definition) is 3. The molecule has 0 aromatic heterocycles. The summed E-state index contributed by atoms with van der Waals surface area (Å²) in [4.78, 5) is 0. The van der Waals surface area contributed by atoms with Crippen molar-refractivity contribution in [3.63, 3.8) is 0 Å². The predicted molar refractivity (Wildman–Crippen MR) is 63.7 cm³/mol. The topological polar surface area (TPSA) is 18.5 Å². The van der Waals surface area contributed by atoms with E-state index in [1.54, 1.807) is 0 Å². The van der Waals surface area contributed by atoms with Gasteiger partial charge in [0, 0.05) is 0 Å². The van der Waals surface area contributed by atoms with Gasteiger partial charge >= 0.3 is 0 Å². The van der Waals surface area contributed by atoms with Gasteiger partial charge in [-0.2, -0.15) is 0 Å². The molecule has 0 fully saturated rings. The number of hydrogen-bond donors (Lipinski definition) is 0. The van der Waals surface area contributed by atoms with Gasteiger partial charge in [-0.1, -0.05) is 18.2 Å². The minimum atomic E-state index is -2.32. The average molecular weight is 251 g/mol. The first-order valence-electron chi connectivity index (χ1n) is 4.24. The third-order valence-corrected chi connectivity index (χ3v) is 5.19. The summed E-state index contributed by atoms with van der Waals surface area (Å²) in [6.45, 7) is 0.0782. The first-order chi connectivity index (χ1) is 6.70. The van der Waals surface area contributed by atoms with Crippen molar-refractivity contribution in [1.29, 1.82) is 0 Å². The minimum absolute atomic E-state index is 0.227. The number of benzene rings is 1. The van der Waals surface area contributed by atoms with E-state index in [2.05, 4.69) is 0 Å². The molecule has 0 amide bonds. The van der Waals surface area contributed by atoms with E-state index in [1.165, 1.54) is 0 Å². The standard InChI is InChI=1S/C9H12ClO2PS/c1-2-11-13(14,8-10)12-9-6-4-3-5-7-9/h3-7H,2,8H2,1H3. The third-order valence-electron chi connectivity index (χ3n) is 1.46. The lowest BCUT2D eigenvalue weighted by atomic mass is 10.3. The van der Waals surface area contributed by atoms with Crippen LogP contribution in [0.5, 0.6) is 5.75 Å². The Balaban J connectivity index is 2.71. The fraction of sp³-hybridized carbons (Fsp3) is 0.333. The molecule has 1 unspecified atom stereocenters. The van der Waals surface area contributed by atoms with E-state index in [0.29, 0.717) is 12.4 Å². The SMILES string of the molecule is CCOP(=S)(CCl)Oc1ccccc1. The van der Waals surface area contributed by atoms with Crippen LogP contribution in [0.1, 0.15) is 6.92 Å². The normalized spacial score (nSPS) is 14.7. The largest absolute Gasteiger partial charge is 0.442 e. The van der Waals surface area contributed by atoms with Crippen LogP contribution in [-0.2, 0) is 16.3 Å². The molecule has 0 aliphatic heterocycles. The van der Waals surface area contributed by atoms with E-state index < -0.39 is 6.49 Å². The van der Waals surface area contributed by atoms with Crippen molar-refractivity contribution in [3.05, 3.63) is 30.3 Å². The molecular weight excluding hydrogens is 239 g/mol. The van der Waals surface area contributed by atoms with E-state index in [0.717, 1.165) is 0 Å². The summed E-state index contributed by atoms with van der Waals surface area (Å²) in [5.74, 6) is 0.713. The minimum Gasteiger partial charge on any atom is -0.442 e. The van der Waals surface area contributed by atoms with Crippen molar-refractivity contribution in [3.8, 4) is 5.75 Å². The van der Waals surface area contributed by atoms with Gasteiger partial charge in [-0.25, -0.2) is 0 Å². The smallest absolute Gasteiger partial charge is 0.252 e. The molecule has 5 heteroatoms. The fourth-order valence-corrected chi connectivity index (χ4v) is 2.86. The van der Waals surface area contributed by atoms with Crippen molar-refractivity contribution in [2.24, 2.45) is 0 Å². The van der Waals surface area contributed by atoms with Crippen LogP contribution in [0.3, 0.4) is 0 Å². The first-order valence-corrected chi connectivity index (χ1v) is 7.60. The van der Waals surface area contributed by atoms with Gasteiger partial charge in [0.15, 0.2) is 0 Å². The molecule has 0 heterocycles. The van der Waals surface area contributed by atoms with Crippen molar-refractivity contribution >= 4 is 29.9 Å². The summed E-state index contributed by atoms with van der Waals surface area (Å²) in [6.07, 6.45) is 0. The van der Waals surface area contributed by atoms with Crippen LogP contribution in [0, 0.1) is 0 Å². The molecule has 1 rings (SSSR count). The zero-order valence-corrected chi connectivity index (χ0v) is 10.3. The summed E-state index contributed by atoms with van der Waals surface area (Å²) >= 11 is 11.0. The summed E-state index contributed by atoms with van der Waals surface area (Å²) < 4.78 is 10.9. The molecule has 0 saturated heterocycles. The van der Waals surface area contributed by atoms with Crippen molar-refractivity contribution in [2.75, 3.05) is 12.2 Å². The maximum absolute atomic E-state index is 5.73. The highest BCUT2D eigenvalue weighted by atomic mass is 35.5. The van der Waals surface area contributed by atoms with Crippen LogP contribution < -0.4 is 4.52 Å². The Kier molecular flexibility index (Phi) is 4.90. The fourth-order valence-electron chi connectivity index (χ4n) is 0.924. The van der Waals surface area contributed by atoms with Crippen molar-refractivity contribution in [2.45, 2.75) is 6.92 Å². The van der Waals surface area contributed by atoms with E-state index in [-0.39, 0.29) is 5.62 Å². The van der Waals surface area contributed by atoms with E-state index in [4.69, 9.17) is 32.5 Å². The zero-order chi connectivity index (χ0) is 10.4.